The lowest BCUT2D eigenvalue weighted by molar-refractivity contribution is 0.251. The van der Waals surface area contributed by atoms with Gasteiger partial charge in [-0.1, -0.05) is 6.07 Å². The molecule has 124 valence electrons. The fraction of sp³-hybridized carbons (Fsp3) is 0.250. The van der Waals surface area contributed by atoms with E-state index in [2.05, 4.69) is 25.7 Å². The summed E-state index contributed by atoms with van der Waals surface area (Å²) in [6, 6.07) is 7.32. The maximum atomic E-state index is 11.9. The molecule has 0 atom stereocenters. The molecule has 0 aromatic carbocycles. The molecule has 0 radical (unpaired) electrons. The summed E-state index contributed by atoms with van der Waals surface area (Å²) in [4.78, 5) is 20.5. The number of amides is 2. The normalized spacial score (nSPS) is 10.5. The molecule has 0 unspecified atom stereocenters. The van der Waals surface area contributed by atoms with Gasteiger partial charge in [-0.15, -0.1) is 11.3 Å². The highest BCUT2D eigenvalue weighted by Gasteiger charge is 2.06. The molecular weight excluding hydrogens is 324 g/mol. The largest absolute Gasteiger partial charge is 0.331 e. The Bertz CT molecular complexity index is 798. The van der Waals surface area contributed by atoms with Crippen LogP contribution in [0.1, 0.15) is 16.4 Å². The number of nitrogens with zero attached hydrogens (tertiary/aromatic N) is 4. The third kappa shape index (κ3) is 4.63. The number of pyridine rings is 1. The van der Waals surface area contributed by atoms with Gasteiger partial charge in [-0.3, -0.25) is 15.0 Å². The maximum absolute atomic E-state index is 11.9. The van der Waals surface area contributed by atoms with Gasteiger partial charge >= 0.3 is 6.03 Å². The van der Waals surface area contributed by atoms with E-state index in [0.717, 1.165) is 22.8 Å². The Labute approximate surface area is 143 Å². The molecule has 0 aliphatic carbocycles. The van der Waals surface area contributed by atoms with Gasteiger partial charge in [-0.2, -0.15) is 5.10 Å². The number of hydrogen-bond acceptors (Lipinski definition) is 5. The molecule has 0 saturated heterocycles. The molecule has 2 N–H and O–H groups in total. The van der Waals surface area contributed by atoms with E-state index in [1.807, 2.05) is 36.7 Å². The fourth-order valence-corrected chi connectivity index (χ4v) is 2.84. The van der Waals surface area contributed by atoms with Gasteiger partial charge in [-0.25, -0.2) is 9.78 Å². The Balaban J connectivity index is 1.45. The summed E-state index contributed by atoms with van der Waals surface area (Å²) in [6.45, 7) is 3.04. The molecule has 3 rings (SSSR count). The van der Waals surface area contributed by atoms with Crippen molar-refractivity contribution in [3.63, 3.8) is 0 Å². The van der Waals surface area contributed by atoms with E-state index in [1.165, 1.54) is 11.3 Å². The molecule has 0 bridgehead atoms. The number of anilines is 1. The fourth-order valence-electron chi connectivity index (χ4n) is 2.13. The van der Waals surface area contributed by atoms with Crippen molar-refractivity contribution < 1.29 is 4.79 Å². The number of urea groups is 1. The van der Waals surface area contributed by atoms with Crippen molar-refractivity contribution in [2.75, 3.05) is 5.32 Å². The quantitative estimate of drug-likeness (QED) is 0.721. The predicted octanol–water partition coefficient (Wildman–Crippen LogP) is 2.61. The SMILES string of the molecule is Cc1csc(CNC(=O)Nc2ccn(CCc3ccccn3)n2)n1. The summed E-state index contributed by atoms with van der Waals surface area (Å²) in [7, 11) is 0. The van der Waals surface area contributed by atoms with E-state index in [4.69, 9.17) is 0 Å². The highest BCUT2D eigenvalue weighted by atomic mass is 32.1. The first kappa shape index (κ1) is 16.1. The second-order valence-electron chi connectivity index (χ2n) is 5.23. The topological polar surface area (TPSA) is 84.7 Å². The lowest BCUT2D eigenvalue weighted by Crippen LogP contribution is -2.28. The molecule has 7 nitrogen and oxygen atoms in total. The monoisotopic (exact) mass is 342 g/mol. The number of aromatic nitrogens is 4. The number of carbonyl (C=O) groups excluding carboxylic acids is 1. The second kappa shape index (κ2) is 7.69. The van der Waals surface area contributed by atoms with Gasteiger partial charge in [-0.05, 0) is 19.1 Å². The minimum Gasteiger partial charge on any atom is -0.331 e. The molecule has 0 fully saturated rings. The summed E-state index contributed by atoms with van der Waals surface area (Å²) >= 11 is 1.53. The van der Waals surface area contributed by atoms with Gasteiger partial charge in [0, 0.05) is 48.2 Å². The van der Waals surface area contributed by atoms with Crippen LogP contribution in [0.15, 0.2) is 42.0 Å². The second-order valence-corrected chi connectivity index (χ2v) is 6.17. The van der Waals surface area contributed by atoms with Crippen LogP contribution in [-0.4, -0.2) is 25.8 Å². The van der Waals surface area contributed by atoms with E-state index < -0.39 is 0 Å². The lowest BCUT2D eigenvalue weighted by atomic mass is 10.3. The predicted molar refractivity (Wildman–Crippen MR) is 92.9 cm³/mol. The van der Waals surface area contributed by atoms with E-state index in [-0.39, 0.29) is 6.03 Å². The molecule has 3 aromatic rings. The number of hydrogen-bond donors (Lipinski definition) is 2. The van der Waals surface area contributed by atoms with Crippen molar-refractivity contribution in [1.29, 1.82) is 0 Å². The Morgan fingerprint density at radius 1 is 1.33 bits per heavy atom. The molecule has 0 spiro atoms. The van der Waals surface area contributed by atoms with Gasteiger partial charge in [0.1, 0.15) is 5.01 Å². The van der Waals surface area contributed by atoms with Gasteiger partial charge in [0.05, 0.1) is 6.54 Å². The highest BCUT2D eigenvalue weighted by Crippen LogP contribution is 2.08. The third-order valence-corrected chi connectivity index (χ3v) is 4.24. The Morgan fingerprint density at radius 3 is 3.00 bits per heavy atom. The first-order valence-electron chi connectivity index (χ1n) is 7.58. The van der Waals surface area contributed by atoms with Crippen LogP contribution in [0.5, 0.6) is 0 Å². The van der Waals surface area contributed by atoms with Crippen LogP contribution in [0.3, 0.4) is 0 Å². The standard InChI is InChI=1S/C16H18N6OS/c1-12-11-24-15(19-12)10-18-16(23)20-14-6-9-22(21-14)8-5-13-4-2-3-7-17-13/h2-4,6-7,9,11H,5,8,10H2,1H3,(H2,18,20,21,23). The van der Waals surface area contributed by atoms with Crippen molar-refractivity contribution in [3.8, 4) is 0 Å². The maximum Gasteiger partial charge on any atom is 0.320 e. The molecule has 2 amide bonds. The van der Waals surface area contributed by atoms with Gasteiger partial charge in [0.15, 0.2) is 5.82 Å². The summed E-state index contributed by atoms with van der Waals surface area (Å²) in [6.07, 6.45) is 4.40. The van der Waals surface area contributed by atoms with Crippen LogP contribution >= 0.6 is 11.3 Å². The Hall–Kier alpha value is -2.74. The van der Waals surface area contributed by atoms with Crippen molar-refractivity contribution in [2.45, 2.75) is 26.4 Å². The Kier molecular flexibility index (Phi) is 5.17. The first-order chi connectivity index (χ1) is 11.7. The third-order valence-electron chi connectivity index (χ3n) is 3.27. The van der Waals surface area contributed by atoms with Gasteiger partial charge < -0.3 is 5.32 Å². The number of aryl methyl sites for hydroxylation is 3. The Morgan fingerprint density at radius 2 is 2.25 bits per heavy atom. The van der Waals surface area contributed by atoms with Crippen LogP contribution in [-0.2, 0) is 19.5 Å². The average molecular weight is 342 g/mol. The molecule has 3 heterocycles. The summed E-state index contributed by atoms with van der Waals surface area (Å²) in [5.74, 6) is 0.517. The molecule has 0 saturated carbocycles. The zero-order valence-electron chi connectivity index (χ0n) is 13.3. The molecule has 3 aromatic heterocycles. The molecular formula is C16H18N6OS. The van der Waals surface area contributed by atoms with Crippen LogP contribution < -0.4 is 10.6 Å². The average Bonchev–Trinajstić information content (AvgIpc) is 3.21. The molecule has 0 aliphatic rings. The van der Waals surface area contributed by atoms with Crippen LogP contribution in [0.25, 0.3) is 0 Å². The molecule has 24 heavy (non-hydrogen) atoms. The van der Waals surface area contributed by atoms with Crippen LogP contribution in [0.4, 0.5) is 10.6 Å². The summed E-state index contributed by atoms with van der Waals surface area (Å²) < 4.78 is 1.79. The number of thiazole rings is 1. The zero-order valence-corrected chi connectivity index (χ0v) is 14.1. The minimum atomic E-state index is -0.294. The molecule has 8 heteroatoms. The lowest BCUT2D eigenvalue weighted by Gasteiger charge is -2.04. The zero-order chi connectivity index (χ0) is 16.8. The number of carbonyl (C=O) groups is 1. The first-order valence-corrected chi connectivity index (χ1v) is 8.46. The van der Waals surface area contributed by atoms with Crippen LogP contribution in [0.2, 0.25) is 0 Å². The van der Waals surface area contributed by atoms with Crippen LogP contribution in [0, 0.1) is 6.92 Å². The van der Waals surface area contributed by atoms with Crippen molar-refractivity contribution in [2.24, 2.45) is 0 Å². The number of rotatable bonds is 6. The summed E-state index contributed by atoms with van der Waals surface area (Å²) in [5.41, 5.74) is 1.97. The smallest absolute Gasteiger partial charge is 0.320 e. The van der Waals surface area contributed by atoms with Crippen molar-refractivity contribution >= 4 is 23.2 Å². The van der Waals surface area contributed by atoms with Crippen molar-refractivity contribution in [3.05, 3.63) is 58.4 Å². The number of nitrogens with one attached hydrogen (secondary N) is 2. The van der Waals surface area contributed by atoms with E-state index in [0.29, 0.717) is 18.9 Å². The van der Waals surface area contributed by atoms with Gasteiger partial charge in [0.25, 0.3) is 0 Å². The molecule has 0 aliphatic heterocycles. The van der Waals surface area contributed by atoms with E-state index >= 15 is 0 Å². The van der Waals surface area contributed by atoms with E-state index in [1.54, 1.807) is 16.9 Å². The highest BCUT2D eigenvalue weighted by molar-refractivity contribution is 7.09. The van der Waals surface area contributed by atoms with Gasteiger partial charge in [0.2, 0.25) is 0 Å². The minimum absolute atomic E-state index is 0.294. The summed E-state index contributed by atoms with van der Waals surface area (Å²) in [5, 5.41) is 12.6. The van der Waals surface area contributed by atoms with Crippen molar-refractivity contribution in [1.82, 2.24) is 25.1 Å². The van der Waals surface area contributed by atoms with E-state index in [9.17, 15) is 4.79 Å².